The first kappa shape index (κ1) is 13.3. The summed E-state index contributed by atoms with van der Waals surface area (Å²) < 4.78 is 1.99. The molecule has 1 aromatic heterocycles. The van der Waals surface area contributed by atoms with Gasteiger partial charge in [0.2, 0.25) is 0 Å². The molecule has 0 fully saturated rings. The highest BCUT2D eigenvalue weighted by Gasteiger charge is 2.12. The first-order valence-electron chi connectivity index (χ1n) is 5.96. The highest BCUT2D eigenvalue weighted by Crippen LogP contribution is 2.24. The standard InChI is InChI=1S/C13H18ClN3O/c1-16(5-6-18)8-11(14)10-3-4-13-12(7-10)15-9-17(13)2/h3-4,7,9,11,18H,5-6,8H2,1-2H3. The number of likely N-dealkylation sites (N-methyl/N-ethyl adjacent to an activating group) is 1. The van der Waals surface area contributed by atoms with Gasteiger partial charge in [-0.3, -0.25) is 0 Å². The third kappa shape index (κ3) is 2.83. The molecule has 5 heteroatoms. The largest absolute Gasteiger partial charge is 0.395 e. The van der Waals surface area contributed by atoms with Crippen LogP contribution in [0.25, 0.3) is 11.0 Å². The predicted octanol–water partition coefficient (Wildman–Crippen LogP) is 1.78. The summed E-state index contributed by atoms with van der Waals surface area (Å²) in [5, 5.41) is 8.78. The highest BCUT2D eigenvalue weighted by atomic mass is 35.5. The van der Waals surface area contributed by atoms with Crippen LogP contribution >= 0.6 is 11.6 Å². The zero-order valence-corrected chi connectivity index (χ0v) is 11.4. The summed E-state index contributed by atoms with van der Waals surface area (Å²) in [4.78, 5) is 6.34. The van der Waals surface area contributed by atoms with Crippen molar-refractivity contribution in [2.45, 2.75) is 5.38 Å². The van der Waals surface area contributed by atoms with Crippen molar-refractivity contribution in [3.63, 3.8) is 0 Å². The van der Waals surface area contributed by atoms with Gasteiger partial charge in [-0.2, -0.15) is 0 Å². The molecule has 1 atom stereocenters. The van der Waals surface area contributed by atoms with E-state index in [9.17, 15) is 0 Å². The first-order chi connectivity index (χ1) is 8.61. The van der Waals surface area contributed by atoms with E-state index >= 15 is 0 Å². The summed E-state index contributed by atoms with van der Waals surface area (Å²) >= 11 is 6.39. The Kier molecular flexibility index (Phi) is 4.22. The number of imidazole rings is 1. The quantitative estimate of drug-likeness (QED) is 0.840. The van der Waals surface area contributed by atoms with Crippen LogP contribution in [-0.2, 0) is 7.05 Å². The summed E-state index contributed by atoms with van der Waals surface area (Å²) in [5.41, 5.74) is 3.13. The number of rotatable bonds is 5. The van der Waals surface area contributed by atoms with Crippen LogP contribution in [-0.4, -0.2) is 46.3 Å². The molecule has 0 amide bonds. The highest BCUT2D eigenvalue weighted by molar-refractivity contribution is 6.21. The molecule has 18 heavy (non-hydrogen) atoms. The molecule has 1 aromatic carbocycles. The minimum atomic E-state index is -0.0899. The normalized spacial score (nSPS) is 13.4. The predicted molar refractivity (Wildman–Crippen MR) is 73.9 cm³/mol. The average molecular weight is 268 g/mol. The van der Waals surface area contributed by atoms with E-state index in [0.29, 0.717) is 13.1 Å². The Morgan fingerprint density at radius 3 is 3.00 bits per heavy atom. The molecule has 0 radical (unpaired) electrons. The van der Waals surface area contributed by atoms with Crippen LogP contribution in [0.2, 0.25) is 0 Å². The Morgan fingerprint density at radius 2 is 2.28 bits per heavy atom. The molecule has 0 spiro atoms. The summed E-state index contributed by atoms with van der Waals surface area (Å²) in [7, 11) is 3.92. The van der Waals surface area contributed by atoms with Crippen LogP contribution in [0.1, 0.15) is 10.9 Å². The second-order valence-corrected chi connectivity index (χ2v) is 5.08. The monoisotopic (exact) mass is 267 g/mol. The van der Waals surface area contributed by atoms with Gasteiger partial charge in [0.05, 0.1) is 29.3 Å². The lowest BCUT2D eigenvalue weighted by Crippen LogP contribution is -2.25. The van der Waals surface area contributed by atoms with Crippen molar-refractivity contribution in [3.05, 3.63) is 30.1 Å². The third-order valence-corrected chi connectivity index (χ3v) is 3.45. The molecule has 0 aliphatic rings. The van der Waals surface area contributed by atoms with Crippen molar-refractivity contribution < 1.29 is 5.11 Å². The van der Waals surface area contributed by atoms with Gasteiger partial charge in [0.25, 0.3) is 0 Å². The molecule has 1 unspecified atom stereocenters. The van der Waals surface area contributed by atoms with E-state index in [-0.39, 0.29) is 12.0 Å². The van der Waals surface area contributed by atoms with E-state index in [1.54, 1.807) is 6.33 Å². The van der Waals surface area contributed by atoms with E-state index in [1.807, 2.05) is 41.8 Å². The Labute approximate surface area is 112 Å². The number of aromatic nitrogens is 2. The number of aliphatic hydroxyl groups excluding tert-OH is 1. The van der Waals surface area contributed by atoms with Crippen LogP contribution in [0, 0.1) is 0 Å². The van der Waals surface area contributed by atoms with Gasteiger partial charge in [-0.1, -0.05) is 6.07 Å². The van der Waals surface area contributed by atoms with Gasteiger partial charge in [-0.15, -0.1) is 11.6 Å². The number of alkyl halides is 1. The molecule has 2 aromatic rings. The van der Waals surface area contributed by atoms with Crippen LogP contribution in [0.5, 0.6) is 0 Å². The Balaban J connectivity index is 2.15. The lowest BCUT2D eigenvalue weighted by Gasteiger charge is -2.19. The fourth-order valence-electron chi connectivity index (χ4n) is 1.99. The third-order valence-electron chi connectivity index (χ3n) is 3.06. The van der Waals surface area contributed by atoms with Crippen molar-refractivity contribution in [1.29, 1.82) is 0 Å². The van der Waals surface area contributed by atoms with Crippen molar-refractivity contribution >= 4 is 22.6 Å². The Bertz CT molecular complexity index is 526. The number of halogens is 1. The topological polar surface area (TPSA) is 41.3 Å². The average Bonchev–Trinajstić information content (AvgIpc) is 2.71. The molecule has 4 nitrogen and oxygen atoms in total. The van der Waals surface area contributed by atoms with E-state index in [0.717, 1.165) is 16.6 Å². The molecule has 2 rings (SSSR count). The second-order valence-electron chi connectivity index (χ2n) is 4.56. The molecule has 1 N–H and O–H groups in total. The maximum absolute atomic E-state index is 8.87. The number of fused-ring (bicyclic) bond motifs is 1. The van der Waals surface area contributed by atoms with Crippen LogP contribution in [0.3, 0.4) is 0 Å². The van der Waals surface area contributed by atoms with Gasteiger partial charge in [-0.25, -0.2) is 4.98 Å². The van der Waals surface area contributed by atoms with Crippen LogP contribution < -0.4 is 0 Å². The van der Waals surface area contributed by atoms with Gasteiger partial charge >= 0.3 is 0 Å². The molecule has 0 aliphatic carbocycles. The van der Waals surface area contributed by atoms with E-state index in [1.165, 1.54) is 0 Å². The fourth-order valence-corrected chi connectivity index (χ4v) is 2.36. The molecule has 0 saturated carbocycles. The smallest absolute Gasteiger partial charge is 0.0955 e. The molecular weight excluding hydrogens is 250 g/mol. The lowest BCUT2D eigenvalue weighted by atomic mass is 10.1. The SMILES string of the molecule is CN(CCO)CC(Cl)c1ccc2c(c1)ncn2C. The maximum Gasteiger partial charge on any atom is 0.0955 e. The molecule has 0 saturated heterocycles. The van der Waals surface area contributed by atoms with Gasteiger partial charge in [0.15, 0.2) is 0 Å². The minimum Gasteiger partial charge on any atom is -0.395 e. The summed E-state index contributed by atoms with van der Waals surface area (Å²) in [6.45, 7) is 1.49. The van der Waals surface area contributed by atoms with Crippen LogP contribution in [0.15, 0.2) is 24.5 Å². The van der Waals surface area contributed by atoms with Gasteiger partial charge in [0.1, 0.15) is 0 Å². The van der Waals surface area contributed by atoms with Crippen molar-refractivity contribution in [1.82, 2.24) is 14.5 Å². The first-order valence-corrected chi connectivity index (χ1v) is 6.40. The minimum absolute atomic E-state index is 0.0899. The number of hydrogen-bond acceptors (Lipinski definition) is 3. The molecule has 1 heterocycles. The van der Waals surface area contributed by atoms with E-state index in [2.05, 4.69) is 4.98 Å². The summed E-state index contributed by atoms with van der Waals surface area (Å²) in [5.74, 6) is 0. The van der Waals surface area contributed by atoms with E-state index in [4.69, 9.17) is 16.7 Å². The Hall–Kier alpha value is -1.10. The van der Waals surface area contributed by atoms with Crippen LogP contribution in [0.4, 0.5) is 0 Å². The zero-order chi connectivity index (χ0) is 13.1. The molecule has 0 bridgehead atoms. The number of aliphatic hydroxyl groups is 1. The van der Waals surface area contributed by atoms with Gasteiger partial charge < -0.3 is 14.6 Å². The number of nitrogens with zero attached hydrogens (tertiary/aromatic N) is 3. The molecular formula is C13H18ClN3O. The molecule has 0 aliphatic heterocycles. The number of hydrogen-bond donors (Lipinski definition) is 1. The van der Waals surface area contributed by atoms with E-state index < -0.39 is 0 Å². The Morgan fingerprint density at radius 1 is 1.50 bits per heavy atom. The van der Waals surface area contributed by atoms with Gasteiger partial charge in [0, 0.05) is 20.1 Å². The summed E-state index contributed by atoms with van der Waals surface area (Å²) in [6, 6.07) is 6.10. The fraction of sp³-hybridized carbons (Fsp3) is 0.462. The number of benzene rings is 1. The molecule has 98 valence electrons. The lowest BCUT2D eigenvalue weighted by molar-refractivity contribution is 0.221. The summed E-state index contributed by atoms with van der Waals surface area (Å²) in [6.07, 6.45) is 1.80. The zero-order valence-electron chi connectivity index (χ0n) is 10.7. The van der Waals surface area contributed by atoms with Crippen molar-refractivity contribution in [3.8, 4) is 0 Å². The van der Waals surface area contributed by atoms with Crippen molar-refractivity contribution in [2.75, 3.05) is 26.7 Å². The van der Waals surface area contributed by atoms with Crippen molar-refractivity contribution in [2.24, 2.45) is 7.05 Å². The van der Waals surface area contributed by atoms with Gasteiger partial charge in [-0.05, 0) is 24.7 Å². The second kappa shape index (κ2) is 5.69. The maximum atomic E-state index is 8.87. The number of aryl methyl sites for hydroxylation is 1.